The van der Waals surface area contributed by atoms with E-state index in [0.717, 1.165) is 30.3 Å². The van der Waals surface area contributed by atoms with Crippen molar-refractivity contribution in [2.45, 2.75) is 60.7 Å². The number of aromatic nitrogens is 2. The highest BCUT2D eigenvalue weighted by molar-refractivity contribution is 8.07. The second-order valence-corrected chi connectivity index (χ2v) is 9.01. The first-order chi connectivity index (χ1) is 9.64. The Labute approximate surface area is 129 Å². The van der Waals surface area contributed by atoms with E-state index < -0.39 is 0 Å². The summed E-state index contributed by atoms with van der Waals surface area (Å²) < 4.78 is 5.59. The van der Waals surface area contributed by atoms with E-state index in [2.05, 4.69) is 19.0 Å². The molecule has 4 nitrogen and oxygen atoms in total. The average Bonchev–Trinajstić information content (AvgIpc) is 3.10. The van der Waals surface area contributed by atoms with Gasteiger partial charge >= 0.3 is 0 Å². The molecule has 2 aliphatic rings. The van der Waals surface area contributed by atoms with E-state index in [1.54, 1.807) is 0 Å². The molecule has 3 atom stereocenters. The molecule has 112 valence electrons. The lowest BCUT2D eigenvalue weighted by Crippen LogP contribution is -2.32. The molecule has 0 spiro atoms. The first-order valence-corrected chi connectivity index (χ1v) is 9.45. The van der Waals surface area contributed by atoms with Gasteiger partial charge in [-0.15, -0.1) is 11.8 Å². The molecule has 0 amide bonds. The SMILES string of the molecule is CC1SCC(c2noc(C3(CN)CCCC3)n2)SC1C. The Morgan fingerprint density at radius 2 is 2.05 bits per heavy atom. The fourth-order valence-corrected chi connectivity index (χ4v) is 5.89. The van der Waals surface area contributed by atoms with Crippen LogP contribution < -0.4 is 5.73 Å². The molecule has 3 rings (SSSR count). The Balaban J connectivity index is 1.77. The van der Waals surface area contributed by atoms with Crippen molar-refractivity contribution in [3.05, 3.63) is 11.7 Å². The van der Waals surface area contributed by atoms with E-state index in [-0.39, 0.29) is 5.41 Å². The fraction of sp³-hybridized carbons (Fsp3) is 0.857. The molecule has 1 aliphatic carbocycles. The highest BCUT2D eigenvalue weighted by atomic mass is 32.2. The summed E-state index contributed by atoms with van der Waals surface area (Å²) >= 11 is 3.98. The van der Waals surface area contributed by atoms with E-state index in [1.807, 2.05) is 23.5 Å². The van der Waals surface area contributed by atoms with Crippen LogP contribution in [0.15, 0.2) is 4.52 Å². The van der Waals surface area contributed by atoms with Crippen LogP contribution >= 0.6 is 23.5 Å². The Hall–Kier alpha value is -0.200. The van der Waals surface area contributed by atoms with Crippen LogP contribution in [0.25, 0.3) is 0 Å². The van der Waals surface area contributed by atoms with Gasteiger partial charge in [0.15, 0.2) is 5.82 Å². The van der Waals surface area contributed by atoms with Gasteiger partial charge in [0.1, 0.15) is 0 Å². The van der Waals surface area contributed by atoms with Gasteiger partial charge in [-0.3, -0.25) is 0 Å². The van der Waals surface area contributed by atoms with Crippen LogP contribution in [-0.4, -0.2) is 32.9 Å². The third-order valence-corrected chi connectivity index (χ3v) is 8.07. The van der Waals surface area contributed by atoms with E-state index in [4.69, 9.17) is 15.2 Å². The van der Waals surface area contributed by atoms with Gasteiger partial charge in [-0.25, -0.2) is 0 Å². The Morgan fingerprint density at radius 1 is 1.30 bits per heavy atom. The van der Waals surface area contributed by atoms with Gasteiger partial charge in [-0.1, -0.05) is 31.8 Å². The van der Waals surface area contributed by atoms with Crippen molar-refractivity contribution < 1.29 is 4.52 Å². The van der Waals surface area contributed by atoms with E-state index in [0.29, 0.717) is 22.3 Å². The Morgan fingerprint density at radius 3 is 2.70 bits per heavy atom. The largest absolute Gasteiger partial charge is 0.339 e. The maximum Gasteiger partial charge on any atom is 0.234 e. The van der Waals surface area contributed by atoms with Gasteiger partial charge < -0.3 is 10.3 Å². The molecule has 2 N–H and O–H groups in total. The van der Waals surface area contributed by atoms with E-state index >= 15 is 0 Å². The van der Waals surface area contributed by atoms with Gasteiger partial charge in [0.25, 0.3) is 0 Å². The molecule has 2 heterocycles. The predicted molar refractivity (Wildman–Crippen MR) is 85.2 cm³/mol. The lowest BCUT2D eigenvalue weighted by atomic mass is 9.86. The first kappa shape index (κ1) is 14.7. The van der Waals surface area contributed by atoms with Crippen molar-refractivity contribution in [3.8, 4) is 0 Å². The zero-order valence-electron chi connectivity index (χ0n) is 12.2. The first-order valence-electron chi connectivity index (χ1n) is 7.46. The third kappa shape index (κ3) is 2.62. The number of nitrogens with two attached hydrogens (primary N) is 1. The minimum atomic E-state index is -0.0450. The number of hydrogen-bond donors (Lipinski definition) is 1. The molecule has 2 fully saturated rings. The summed E-state index contributed by atoms with van der Waals surface area (Å²) in [6.45, 7) is 5.20. The second kappa shape index (κ2) is 5.89. The minimum Gasteiger partial charge on any atom is -0.339 e. The van der Waals surface area contributed by atoms with Crippen LogP contribution in [0.5, 0.6) is 0 Å². The number of thioether (sulfide) groups is 2. The lowest BCUT2D eigenvalue weighted by Gasteiger charge is -2.29. The topological polar surface area (TPSA) is 64.9 Å². The molecule has 3 unspecified atom stereocenters. The van der Waals surface area contributed by atoms with Gasteiger partial charge in [0, 0.05) is 22.8 Å². The van der Waals surface area contributed by atoms with Crippen molar-refractivity contribution in [2.24, 2.45) is 5.73 Å². The van der Waals surface area contributed by atoms with Crippen LogP contribution in [0.4, 0.5) is 0 Å². The standard InChI is InChI=1S/C14H23N3OS2/c1-9-10(2)20-11(7-19-9)12-16-13(18-17-12)14(8-15)5-3-4-6-14/h9-11H,3-8,15H2,1-2H3. The molecule has 0 radical (unpaired) electrons. The summed E-state index contributed by atoms with van der Waals surface area (Å²) in [4.78, 5) is 4.73. The quantitative estimate of drug-likeness (QED) is 0.925. The van der Waals surface area contributed by atoms with Crippen molar-refractivity contribution in [1.29, 1.82) is 0 Å². The summed E-state index contributed by atoms with van der Waals surface area (Å²) in [6.07, 6.45) is 4.62. The molecular weight excluding hydrogens is 290 g/mol. The van der Waals surface area contributed by atoms with Crippen molar-refractivity contribution in [2.75, 3.05) is 12.3 Å². The van der Waals surface area contributed by atoms with Crippen molar-refractivity contribution in [1.82, 2.24) is 10.1 Å². The zero-order chi connectivity index (χ0) is 14.2. The van der Waals surface area contributed by atoms with Crippen LogP contribution in [0.2, 0.25) is 0 Å². The van der Waals surface area contributed by atoms with Gasteiger partial charge in [0.2, 0.25) is 5.89 Å². The van der Waals surface area contributed by atoms with Gasteiger partial charge in [-0.05, 0) is 12.8 Å². The van der Waals surface area contributed by atoms with Gasteiger partial charge in [0.05, 0.1) is 10.7 Å². The molecule has 1 aromatic rings. The van der Waals surface area contributed by atoms with Crippen LogP contribution in [-0.2, 0) is 5.41 Å². The maximum atomic E-state index is 5.99. The predicted octanol–water partition coefficient (Wildman–Crippen LogP) is 3.14. The highest BCUT2D eigenvalue weighted by Gasteiger charge is 2.40. The third-order valence-electron chi connectivity index (χ3n) is 4.69. The summed E-state index contributed by atoms with van der Waals surface area (Å²) in [5.74, 6) is 2.73. The molecule has 1 aromatic heterocycles. The average molecular weight is 313 g/mol. The normalized spacial score (nSPS) is 33.5. The lowest BCUT2D eigenvalue weighted by molar-refractivity contribution is 0.283. The van der Waals surface area contributed by atoms with E-state index in [9.17, 15) is 0 Å². The Kier molecular flexibility index (Phi) is 4.34. The maximum absolute atomic E-state index is 5.99. The Bertz CT molecular complexity index is 459. The molecule has 1 saturated heterocycles. The smallest absolute Gasteiger partial charge is 0.234 e. The molecule has 0 aromatic carbocycles. The monoisotopic (exact) mass is 313 g/mol. The summed E-state index contributed by atoms with van der Waals surface area (Å²) in [5, 5.41) is 5.96. The van der Waals surface area contributed by atoms with Crippen LogP contribution in [0, 0.1) is 0 Å². The second-order valence-electron chi connectivity index (χ2n) is 6.02. The molecule has 6 heteroatoms. The number of nitrogens with zero attached hydrogens (tertiary/aromatic N) is 2. The summed E-state index contributed by atoms with van der Waals surface area (Å²) in [7, 11) is 0. The number of hydrogen-bond acceptors (Lipinski definition) is 6. The van der Waals surface area contributed by atoms with Crippen molar-refractivity contribution >= 4 is 23.5 Å². The minimum absolute atomic E-state index is 0.0450. The van der Waals surface area contributed by atoms with Crippen molar-refractivity contribution in [3.63, 3.8) is 0 Å². The van der Waals surface area contributed by atoms with Crippen LogP contribution in [0.1, 0.15) is 56.5 Å². The highest BCUT2D eigenvalue weighted by Crippen LogP contribution is 2.45. The van der Waals surface area contributed by atoms with E-state index in [1.165, 1.54) is 12.8 Å². The summed E-state index contributed by atoms with van der Waals surface area (Å²) in [5.41, 5.74) is 5.95. The molecule has 20 heavy (non-hydrogen) atoms. The van der Waals surface area contributed by atoms with Crippen LogP contribution in [0.3, 0.4) is 0 Å². The fourth-order valence-electron chi connectivity index (χ4n) is 3.06. The van der Waals surface area contributed by atoms with Gasteiger partial charge in [-0.2, -0.15) is 16.7 Å². The molecule has 1 aliphatic heterocycles. The summed E-state index contributed by atoms with van der Waals surface area (Å²) in [6, 6.07) is 0. The zero-order valence-corrected chi connectivity index (χ0v) is 13.8. The number of rotatable bonds is 3. The molecule has 0 bridgehead atoms. The molecule has 1 saturated carbocycles. The molecular formula is C14H23N3OS2.